The van der Waals surface area contributed by atoms with Gasteiger partial charge < -0.3 is 10.6 Å². The van der Waals surface area contributed by atoms with Crippen LogP contribution in [-0.4, -0.2) is 31.1 Å². The fourth-order valence-electron chi connectivity index (χ4n) is 3.41. The molecule has 1 saturated carbocycles. The van der Waals surface area contributed by atoms with Crippen LogP contribution in [0.5, 0.6) is 0 Å². The molecule has 2 aliphatic rings. The Labute approximate surface area is 94.2 Å². The summed E-state index contributed by atoms with van der Waals surface area (Å²) in [6.07, 6.45) is 9.64. The van der Waals surface area contributed by atoms with Gasteiger partial charge in [-0.1, -0.05) is 19.3 Å². The summed E-state index contributed by atoms with van der Waals surface area (Å²) < 4.78 is 0. The van der Waals surface area contributed by atoms with E-state index in [1.165, 1.54) is 58.0 Å². The van der Waals surface area contributed by atoms with E-state index in [0.29, 0.717) is 6.04 Å². The van der Waals surface area contributed by atoms with E-state index in [-0.39, 0.29) is 0 Å². The Bertz CT molecular complexity index is 185. The topological polar surface area (TPSA) is 29.3 Å². The molecule has 1 aliphatic heterocycles. The minimum absolute atomic E-state index is 0.501. The van der Waals surface area contributed by atoms with Crippen molar-refractivity contribution in [3.63, 3.8) is 0 Å². The zero-order valence-electron chi connectivity index (χ0n) is 10.1. The van der Waals surface area contributed by atoms with E-state index in [2.05, 4.69) is 11.9 Å². The van der Waals surface area contributed by atoms with E-state index in [4.69, 9.17) is 5.73 Å². The number of hydrogen-bond acceptors (Lipinski definition) is 2. The first-order chi connectivity index (χ1) is 7.27. The Morgan fingerprint density at radius 3 is 2.33 bits per heavy atom. The monoisotopic (exact) mass is 210 g/mol. The second-order valence-electron chi connectivity index (χ2n) is 5.61. The number of nitrogens with zero attached hydrogens (tertiary/aromatic N) is 1. The van der Waals surface area contributed by atoms with Gasteiger partial charge in [0.1, 0.15) is 0 Å². The van der Waals surface area contributed by atoms with E-state index in [0.717, 1.165) is 11.8 Å². The molecule has 1 saturated heterocycles. The highest BCUT2D eigenvalue weighted by Crippen LogP contribution is 2.33. The number of likely N-dealkylation sites (tertiary alicyclic amines) is 1. The minimum Gasteiger partial charge on any atom is -0.327 e. The fraction of sp³-hybridized carbons (Fsp3) is 1.00. The number of piperidine rings is 1. The molecular formula is C13H26N2. The van der Waals surface area contributed by atoms with Crippen molar-refractivity contribution in [2.75, 3.05) is 20.1 Å². The molecule has 0 aromatic rings. The Balaban J connectivity index is 1.89. The summed E-state index contributed by atoms with van der Waals surface area (Å²) in [6, 6.07) is 0.501. The molecular weight excluding hydrogens is 184 g/mol. The van der Waals surface area contributed by atoms with Crippen molar-refractivity contribution in [2.24, 2.45) is 17.6 Å². The molecule has 2 fully saturated rings. The average Bonchev–Trinajstić information content (AvgIpc) is 2.44. The van der Waals surface area contributed by atoms with Gasteiger partial charge in [0.05, 0.1) is 0 Å². The van der Waals surface area contributed by atoms with Gasteiger partial charge in [-0.05, 0) is 57.7 Å². The summed E-state index contributed by atoms with van der Waals surface area (Å²) in [7, 11) is 2.24. The Morgan fingerprint density at radius 1 is 0.933 bits per heavy atom. The second kappa shape index (κ2) is 5.31. The van der Waals surface area contributed by atoms with Gasteiger partial charge in [-0.25, -0.2) is 0 Å². The predicted molar refractivity (Wildman–Crippen MR) is 64.8 cm³/mol. The zero-order valence-corrected chi connectivity index (χ0v) is 10.1. The third-order valence-electron chi connectivity index (χ3n) is 4.49. The van der Waals surface area contributed by atoms with Gasteiger partial charge in [0, 0.05) is 6.04 Å². The third kappa shape index (κ3) is 2.94. The largest absolute Gasteiger partial charge is 0.327 e. The molecule has 15 heavy (non-hydrogen) atoms. The van der Waals surface area contributed by atoms with Crippen LogP contribution >= 0.6 is 0 Å². The highest BCUT2D eigenvalue weighted by atomic mass is 15.1. The molecule has 2 N–H and O–H groups in total. The lowest BCUT2D eigenvalue weighted by Crippen LogP contribution is -2.40. The van der Waals surface area contributed by atoms with Crippen LogP contribution in [0.2, 0.25) is 0 Å². The summed E-state index contributed by atoms with van der Waals surface area (Å²) in [5, 5.41) is 0. The van der Waals surface area contributed by atoms with E-state index < -0.39 is 0 Å². The van der Waals surface area contributed by atoms with Crippen LogP contribution in [0.15, 0.2) is 0 Å². The van der Waals surface area contributed by atoms with Crippen molar-refractivity contribution >= 4 is 0 Å². The van der Waals surface area contributed by atoms with E-state index in [9.17, 15) is 0 Å². The number of rotatable bonds is 1. The molecule has 1 heterocycles. The van der Waals surface area contributed by atoms with Crippen LogP contribution in [0.25, 0.3) is 0 Å². The normalized spacial score (nSPS) is 36.4. The van der Waals surface area contributed by atoms with Gasteiger partial charge in [-0.2, -0.15) is 0 Å². The Morgan fingerprint density at radius 2 is 1.60 bits per heavy atom. The molecule has 0 radical (unpaired) electrons. The SMILES string of the molecule is CN1CCC(C2CCCCCC2N)CC1. The third-order valence-corrected chi connectivity index (χ3v) is 4.49. The van der Waals surface area contributed by atoms with Crippen molar-refractivity contribution in [3.8, 4) is 0 Å². The van der Waals surface area contributed by atoms with Gasteiger partial charge >= 0.3 is 0 Å². The van der Waals surface area contributed by atoms with E-state index in [1.807, 2.05) is 0 Å². The maximum atomic E-state index is 6.33. The Hall–Kier alpha value is -0.0800. The van der Waals surface area contributed by atoms with Crippen molar-refractivity contribution < 1.29 is 0 Å². The molecule has 0 spiro atoms. The van der Waals surface area contributed by atoms with Gasteiger partial charge in [0.2, 0.25) is 0 Å². The summed E-state index contributed by atoms with van der Waals surface area (Å²) in [5.74, 6) is 1.76. The first-order valence-corrected chi connectivity index (χ1v) is 6.71. The molecule has 2 atom stereocenters. The number of hydrogen-bond donors (Lipinski definition) is 1. The molecule has 0 bridgehead atoms. The minimum atomic E-state index is 0.501. The second-order valence-corrected chi connectivity index (χ2v) is 5.61. The van der Waals surface area contributed by atoms with Crippen molar-refractivity contribution in [3.05, 3.63) is 0 Å². The van der Waals surface area contributed by atoms with Crippen molar-refractivity contribution in [1.82, 2.24) is 4.90 Å². The molecule has 2 heteroatoms. The first-order valence-electron chi connectivity index (χ1n) is 6.71. The van der Waals surface area contributed by atoms with Gasteiger partial charge in [0.15, 0.2) is 0 Å². The summed E-state index contributed by atoms with van der Waals surface area (Å²) >= 11 is 0. The smallest absolute Gasteiger partial charge is 0.00698 e. The van der Waals surface area contributed by atoms with Crippen LogP contribution in [0.3, 0.4) is 0 Å². The predicted octanol–water partition coefficient (Wildman–Crippen LogP) is 2.24. The molecule has 2 unspecified atom stereocenters. The molecule has 88 valence electrons. The van der Waals surface area contributed by atoms with Crippen LogP contribution in [-0.2, 0) is 0 Å². The molecule has 1 aliphatic carbocycles. The van der Waals surface area contributed by atoms with Crippen molar-refractivity contribution in [1.29, 1.82) is 0 Å². The molecule has 2 nitrogen and oxygen atoms in total. The van der Waals surface area contributed by atoms with Gasteiger partial charge in [-0.15, -0.1) is 0 Å². The number of nitrogens with two attached hydrogens (primary N) is 1. The van der Waals surface area contributed by atoms with Crippen LogP contribution < -0.4 is 5.73 Å². The average molecular weight is 210 g/mol. The van der Waals surface area contributed by atoms with E-state index in [1.54, 1.807) is 0 Å². The lowest BCUT2D eigenvalue weighted by atomic mass is 9.78. The van der Waals surface area contributed by atoms with Gasteiger partial charge in [0.25, 0.3) is 0 Å². The maximum absolute atomic E-state index is 6.33. The lowest BCUT2D eigenvalue weighted by Gasteiger charge is -2.36. The maximum Gasteiger partial charge on any atom is 0.00698 e. The first kappa shape index (κ1) is 11.4. The standard InChI is InChI=1S/C13H26N2/c1-15-9-7-11(8-10-15)12-5-3-2-4-6-13(12)14/h11-13H,2-10,14H2,1H3. The lowest BCUT2D eigenvalue weighted by molar-refractivity contribution is 0.149. The highest BCUT2D eigenvalue weighted by Gasteiger charge is 2.30. The summed E-state index contributed by atoms with van der Waals surface area (Å²) in [6.45, 7) is 2.57. The molecule has 2 rings (SSSR count). The van der Waals surface area contributed by atoms with Crippen LogP contribution in [0, 0.1) is 11.8 Å². The quantitative estimate of drug-likeness (QED) is 0.673. The van der Waals surface area contributed by atoms with Crippen LogP contribution in [0.4, 0.5) is 0 Å². The summed E-state index contributed by atoms with van der Waals surface area (Å²) in [5.41, 5.74) is 6.33. The van der Waals surface area contributed by atoms with E-state index >= 15 is 0 Å². The summed E-state index contributed by atoms with van der Waals surface area (Å²) in [4.78, 5) is 2.46. The molecule has 0 aromatic heterocycles. The van der Waals surface area contributed by atoms with Crippen LogP contribution in [0.1, 0.15) is 44.9 Å². The molecule has 0 aromatic carbocycles. The fourth-order valence-corrected chi connectivity index (χ4v) is 3.41. The van der Waals surface area contributed by atoms with Gasteiger partial charge in [-0.3, -0.25) is 0 Å². The Kier molecular flexibility index (Phi) is 4.04. The van der Waals surface area contributed by atoms with Crippen molar-refractivity contribution in [2.45, 2.75) is 51.0 Å². The molecule has 0 amide bonds. The zero-order chi connectivity index (χ0) is 10.7. The highest BCUT2D eigenvalue weighted by molar-refractivity contribution is 4.84.